The van der Waals surface area contributed by atoms with Crippen molar-refractivity contribution in [3.63, 3.8) is 0 Å². The first kappa shape index (κ1) is 16.2. The summed E-state index contributed by atoms with van der Waals surface area (Å²) in [4.78, 5) is 11.5. The Hall–Kier alpha value is -0.830. The molecule has 0 amide bonds. The predicted molar refractivity (Wildman–Crippen MR) is 71.6 cm³/mol. The van der Waals surface area contributed by atoms with Gasteiger partial charge in [0.15, 0.2) is 0 Å². The van der Waals surface area contributed by atoms with E-state index in [0.717, 1.165) is 25.7 Å². The molecule has 0 unspecified atom stereocenters. The summed E-state index contributed by atoms with van der Waals surface area (Å²) in [6, 6.07) is 0. The summed E-state index contributed by atoms with van der Waals surface area (Å²) in [5.74, 6) is 0.722. The number of carbonyl (C=O) groups is 1. The van der Waals surface area contributed by atoms with Crippen LogP contribution in [0.1, 0.15) is 46.0 Å². The minimum atomic E-state index is -0.111. The largest absolute Gasteiger partial charge is 0.466 e. The maximum Gasteiger partial charge on any atom is 0.306 e. The molecule has 0 aromatic rings. The minimum absolute atomic E-state index is 0.111. The van der Waals surface area contributed by atoms with Crippen molar-refractivity contribution < 1.29 is 9.53 Å². The average Bonchev–Trinajstić information content (AvgIpc) is 2.27. The van der Waals surface area contributed by atoms with Crippen LogP contribution in [0.2, 0.25) is 0 Å². The van der Waals surface area contributed by atoms with Crippen molar-refractivity contribution in [1.82, 2.24) is 0 Å². The van der Waals surface area contributed by atoms with Gasteiger partial charge in [0.25, 0.3) is 0 Å². The summed E-state index contributed by atoms with van der Waals surface area (Å²) in [5, 5.41) is 0. The van der Waals surface area contributed by atoms with Gasteiger partial charge in [0, 0.05) is 6.42 Å². The highest BCUT2D eigenvalue weighted by Gasteiger charge is 2.14. The first-order valence-electron chi connectivity index (χ1n) is 6.56. The summed E-state index contributed by atoms with van der Waals surface area (Å²) in [6.45, 7) is 9.01. The van der Waals surface area contributed by atoms with Crippen molar-refractivity contribution >= 4 is 5.97 Å². The zero-order valence-electron chi connectivity index (χ0n) is 11.3. The monoisotopic (exact) mass is 241 g/mol. The van der Waals surface area contributed by atoms with Gasteiger partial charge in [-0.3, -0.25) is 4.79 Å². The Morgan fingerprint density at radius 1 is 1.41 bits per heavy atom. The van der Waals surface area contributed by atoms with Gasteiger partial charge < -0.3 is 10.5 Å². The molecule has 0 aliphatic carbocycles. The highest BCUT2D eigenvalue weighted by Crippen LogP contribution is 2.14. The van der Waals surface area contributed by atoms with Crippen molar-refractivity contribution in [2.75, 3.05) is 13.2 Å². The number of hydrogen-bond acceptors (Lipinski definition) is 3. The van der Waals surface area contributed by atoms with E-state index < -0.39 is 0 Å². The first-order chi connectivity index (χ1) is 8.10. The second kappa shape index (κ2) is 10.3. The Morgan fingerprint density at radius 3 is 2.65 bits per heavy atom. The van der Waals surface area contributed by atoms with Gasteiger partial charge in [-0.1, -0.05) is 19.9 Å². The highest BCUT2D eigenvalue weighted by molar-refractivity contribution is 5.69. The normalized spacial score (nSPS) is 12.5. The maximum atomic E-state index is 11.5. The summed E-state index contributed by atoms with van der Waals surface area (Å²) in [7, 11) is 0. The molecule has 0 rings (SSSR count). The lowest BCUT2D eigenvalue weighted by Crippen LogP contribution is -2.21. The third-order valence-electron chi connectivity index (χ3n) is 2.66. The molecule has 0 radical (unpaired) electrons. The second-order valence-electron chi connectivity index (χ2n) is 4.94. The molecule has 1 atom stereocenters. The Morgan fingerprint density at radius 2 is 2.12 bits per heavy atom. The number of hydrogen-bond donors (Lipinski definition) is 1. The van der Waals surface area contributed by atoms with Gasteiger partial charge in [-0.2, -0.15) is 0 Å². The topological polar surface area (TPSA) is 52.3 Å². The molecule has 2 N–H and O–H groups in total. The molecule has 0 aliphatic rings. The third-order valence-corrected chi connectivity index (χ3v) is 2.66. The van der Waals surface area contributed by atoms with Crippen molar-refractivity contribution in [3.8, 4) is 0 Å². The van der Waals surface area contributed by atoms with Crippen LogP contribution < -0.4 is 5.73 Å². The highest BCUT2D eigenvalue weighted by atomic mass is 16.5. The average molecular weight is 241 g/mol. The first-order valence-corrected chi connectivity index (χ1v) is 6.56. The second-order valence-corrected chi connectivity index (χ2v) is 4.94. The van der Waals surface area contributed by atoms with Gasteiger partial charge in [0.1, 0.15) is 0 Å². The van der Waals surface area contributed by atoms with Crippen molar-refractivity contribution in [2.24, 2.45) is 17.6 Å². The van der Waals surface area contributed by atoms with E-state index in [0.29, 0.717) is 25.5 Å². The van der Waals surface area contributed by atoms with Crippen LogP contribution >= 0.6 is 0 Å². The number of nitrogens with two attached hydrogens (primary N) is 1. The SMILES string of the molecule is C=CCCCCOC(=O)C[C@@H](CN)CC(C)C. The van der Waals surface area contributed by atoms with E-state index >= 15 is 0 Å². The fourth-order valence-corrected chi connectivity index (χ4v) is 1.80. The predicted octanol–water partition coefficient (Wildman–Crippen LogP) is 2.90. The van der Waals surface area contributed by atoms with Gasteiger partial charge in [0.05, 0.1) is 6.61 Å². The van der Waals surface area contributed by atoms with Crippen LogP contribution in [0.15, 0.2) is 12.7 Å². The van der Waals surface area contributed by atoms with Gasteiger partial charge in [-0.15, -0.1) is 6.58 Å². The molecule has 0 heterocycles. The number of unbranched alkanes of at least 4 members (excludes halogenated alkanes) is 2. The molecule has 3 heteroatoms. The van der Waals surface area contributed by atoms with Crippen LogP contribution in [0.4, 0.5) is 0 Å². The van der Waals surface area contributed by atoms with E-state index in [4.69, 9.17) is 10.5 Å². The lowest BCUT2D eigenvalue weighted by atomic mass is 9.94. The molecule has 0 aromatic heterocycles. The molecule has 0 saturated heterocycles. The molecule has 0 saturated carbocycles. The van der Waals surface area contributed by atoms with Gasteiger partial charge in [0.2, 0.25) is 0 Å². The van der Waals surface area contributed by atoms with Crippen LogP contribution in [0, 0.1) is 11.8 Å². The van der Waals surface area contributed by atoms with E-state index in [1.54, 1.807) is 0 Å². The summed E-state index contributed by atoms with van der Waals surface area (Å²) >= 11 is 0. The van der Waals surface area contributed by atoms with Gasteiger partial charge in [-0.05, 0) is 44.1 Å². The van der Waals surface area contributed by atoms with Crippen LogP contribution in [-0.2, 0) is 9.53 Å². The molecular weight excluding hydrogens is 214 g/mol. The summed E-state index contributed by atoms with van der Waals surface area (Å²) < 4.78 is 5.17. The molecular formula is C14H27NO2. The number of carbonyl (C=O) groups excluding carboxylic acids is 1. The maximum absolute atomic E-state index is 11.5. The van der Waals surface area contributed by atoms with E-state index in [1.165, 1.54) is 0 Å². The number of allylic oxidation sites excluding steroid dienone is 1. The van der Waals surface area contributed by atoms with E-state index in [9.17, 15) is 4.79 Å². The Labute approximate surface area is 105 Å². The number of ether oxygens (including phenoxy) is 1. The van der Waals surface area contributed by atoms with E-state index in [-0.39, 0.29) is 11.9 Å². The summed E-state index contributed by atoms with van der Waals surface area (Å²) in [5.41, 5.74) is 5.64. The third kappa shape index (κ3) is 10.1. The van der Waals surface area contributed by atoms with Crippen molar-refractivity contribution in [3.05, 3.63) is 12.7 Å². The van der Waals surface area contributed by atoms with Crippen molar-refractivity contribution in [2.45, 2.75) is 46.0 Å². The zero-order chi connectivity index (χ0) is 13.1. The molecule has 17 heavy (non-hydrogen) atoms. The zero-order valence-corrected chi connectivity index (χ0v) is 11.3. The molecule has 100 valence electrons. The molecule has 0 fully saturated rings. The van der Waals surface area contributed by atoms with Crippen LogP contribution in [0.3, 0.4) is 0 Å². The Kier molecular flexibility index (Phi) is 9.83. The van der Waals surface area contributed by atoms with Crippen molar-refractivity contribution in [1.29, 1.82) is 0 Å². The quantitative estimate of drug-likeness (QED) is 0.363. The van der Waals surface area contributed by atoms with Gasteiger partial charge >= 0.3 is 5.97 Å². The van der Waals surface area contributed by atoms with Crippen LogP contribution in [0.5, 0.6) is 0 Å². The summed E-state index contributed by atoms with van der Waals surface area (Å²) in [6.07, 6.45) is 6.25. The lowest BCUT2D eigenvalue weighted by molar-refractivity contribution is -0.144. The molecule has 0 spiro atoms. The number of rotatable bonds is 10. The Balaban J connectivity index is 3.64. The fraction of sp³-hybridized carbons (Fsp3) is 0.786. The molecule has 0 bridgehead atoms. The van der Waals surface area contributed by atoms with Crippen LogP contribution in [-0.4, -0.2) is 19.1 Å². The number of esters is 1. The molecule has 0 aliphatic heterocycles. The van der Waals surface area contributed by atoms with E-state index in [1.807, 2.05) is 6.08 Å². The standard InChI is InChI=1S/C14H27NO2/c1-4-5-6-7-8-17-14(16)10-13(11-15)9-12(2)3/h4,12-13H,1,5-11,15H2,2-3H3/t13-/m0/s1. The lowest BCUT2D eigenvalue weighted by Gasteiger charge is -2.16. The Bertz CT molecular complexity index is 214. The minimum Gasteiger partial charge on any atom is -0.466 e. The van der Waals surface area contributed by atoms with Gasteiger partial charge in [-0.25, -0.2) is 0 Å². The molecule has 3 nitrogen and oxygen atoms in total. The smallest absolute Gasteiger partial charge is 0.306 e. The van der Waals surface area contributed by atoms with E-state index in [2.05, 4.69) is 20.4 Å². The molecule has 0 aromatic carbocycles. The van der Waals surface area contributed by atoms with Crippen LogP contribution in [0.25, 0.3) is 0 Å². The fourth-order valence-electron chi connectivity index (χ4n) is 1.80.